The zero-order valence-electron chi connectivity index (χ0n) is 12.8. The van der Waals surface area contributed by atoms with Crippen LogP contribution in [0.3, 0.4) is 0 Å². The molecule has 0 atom stereocenters. The highest BCUT2D eigenvalue weighted by Crippen LogP contribution is 2.06. The van der Waals surface area contributed by atoms with E-state index in [1.54, 1.807) is 30.6 Å². The third-order valence-electron chi connectivity index (χ3n) is 2.80. The second kappa shape index (κ2) is 9.34. The molecule has 1 aromatic rings. The Kier molecular flexibility index (Phi) is 7.40. The van der Waals surface area contributed by atoms with Crippen molar-refractivity contribution in [3.63, 3.8) is 0 Å². The van der Waals surface area contributed by atoms with Crippen LogP contribution in [0.25, 0.3) is 0 Å². The standard InChI is InChI=1S/C15H20N4O3/c1-12(2)5-9-19(14(20)18-8-6-16)15(21)22-11-13-4-3-7-17-10-13/h3-4,7,10,12H,5,8-9,11H2,1-2H3,(H,18,20). The Hall–Kier alpha value is -2.62. The topological polar surface area (TPSA) is 95.3 Å². The quantitative estimate of drug-likeness (QED) is 0.814. The van der Waals surface area contributed by atoms with Crippen LogP contribution in [0.5, 0.6) is 0 Å². The molecule has 0 radical (unpaired) electrons. The van der Waals surface area contributed by atoms with E-state index in [0.717, 1.165) is 10.5 Å². The third-order valence-corrected chi connectivity index (χ3v) is 2.80. The molecular formula is C15H20N4O3. The molecule has 0 aliphatic carbocycles. The number of nitrogens with one attached hydrogen (secondary N) is 1. The summed E-state index contributed by atoms with van der Waals surface area (Å²) < 4.78 is 5.13. The third kappa shape index (κ3) is 6.22. The highest BCUT2D eigenvalue weighted by Gasteiger charge is 2.22. The molecule has 7 heteroatoms. The molecule has 0 aliphatic heterocycles. The first-order valence-corrected chi connectivity index (χ1v) is 7.02. The summed E-state index contributed by atoms with van der Waals surface area (Å²) in [4.78, 5) is 28.9. The van der Waals surface area contributed by atoms with Crippen LogP contribution in [0.1, 0.15) is 25.8 Å². The summed E-state index contributed by atoms with van der Waals surface area (Å²) in [7, 11) is 0. The van der Waals surface area contributed by atoms with E-state index in [1.807, 2.05) is 13.8 Å². The first kappa shape index (κ1) is 17.4. The van der Waals surface area contributed by atoms with Gasteiger partial charge in [0.15, 0.2) is 0 Å². The van der Waals surface area contributed by atoms with Gasteiger partial charge in [0, 0.05) is 24.5 Å². The highest BCUT2D eigenvalue weighted by molar-refractivity contribution is 5.90. The molecule has 7 nitrogen and oxygen atoms in total. The number of carbonyl (C=O) groups is 2. The van der Waals surface area contributed by atoms with Crippen molar-refractivity contribution in [2.45, 2.75) is 26.9 Å². The van der Waals surface area contributed by atoms with Gasteiger partial charge in [-0.25, -0.2) is 14.5 Å². The van der Waals surface area contributed by atoms with E-state index < -0.39 is 12.1 Å². The van der Waals surface area contributed by atoms with Crippen molar-refractivity contribution in [1.29, 1.82) is 5.26 Å². The zero-order valence-corrected chi connectivity index (χ0v) is 12.8. The minimum absolute atomic E-state index is 0.0381. The summed E-state index contributed by atoms with van der Waals surface area (Å²) in [5.74, 6) is 0.331. The Labute approximate surface area is 129 Å². The molecule has 0 saturated heterocycles. The van der Waals surface area contributed by atoms with Gasteiger partial charge in [0.25, 0.3) is 0 Å². The summed E-state index contributed by atoms with van der Waals surface area (Å²) in [6.45, 7) is 4.10. The maximum absolute atomic E-state index is 12.1. The number of hydrogen-bond acceptors (Lipinski definition) is 5. The van der Waals surface area contributed by atoms with Crippen LogP contribution >= 0.6 is 0 Å². The number of rotatable bonds is 6. The number of ether oxygens (including phenoxy) is 1. The molecule has 118 valence electrons. The van der Waals surface area contributed by atoms with Gasteiger partial charge in [0.1, 0.15) is 13.2 Å². The number of aromatic nitrogens is 1. The Bertz CT molecular complexity index is 525. The average molecular weight is 304 g/mol. The predicted molar refractivity (Wildman–Crippen MR) is 79.6 cm³/mol. The van der Waals surface area contributed by atoms with Gasteiger partial charge in [-0.05, 0) is 18.4 Å². The van der Waals surface area contributed by atoms with Crippen LogP contribution in [0.4, 0.5) is 9.59 Å². The molecule has 0 spiro atoms. The lowest BCUT2D eigenvalue weighted by Gasteiger charge is -2.21. The Morgan fingerprint density at radius 1 is 1.50 bits per heavy atom. The minimum atomic E-state index is -0.736. The molecule has 3 amide bonds. The molecule has 22 heavy (non-hydrogen) atoms. The first-order valence-electron chi connectivity index (χ1n) is 7.02. The number of nitrogens with zero attached hydrogens (tertiary/aromatic N) is 3. The summed E-state index contributed by atoms with van der Waals surface area (Å²) in [6.07, 6.45) is 3.12. The van der Waals surface area contributed by atoms with Crippen LogP contribution in [0.2, 0.25) is 0 Å². The van der Waals surface area contributed by atoms with E-state index in [9.17, 15) is 9.59 Å². The van der Waals surface area contributed by atoms with Gasteiger partial charge in [-0.15, -0.1) is 0 Å². The Morgan fingerprint density at radius 2 is 2.27 bits per heavy atom. The van der Waals surface area contributed by atoms with E-state index in [-0.39, 0.29) is 19.7 Å². The fourth-order valence-corrected chi connectivity index (χ4v) is 1.58. The van der Waals surface area contributed by atoms with Crippen molar-refractivity contribution in [3.8, 4) is 6.07 Å². The van der Waals surface area contributed by atoms with Crippen molar-refractivity contribution < 1.29 is 14.3 Å². The number of imide groups is 1. The number of nitriles is 1. The second-order valence-corrected chi connectivity index (χ2v) is 5.07. The largest absolute Gasteiger partial charge is 0.444 e. The van der Waals surface area contributed by atoms with Crippen LogP contribution < -0.4 is 5.32 Å². The zero-order chi connectivity index (χ0) is 16.4. The van der Waals surface area contributed by atoms with Gasteiger partial charge in [-0.3, -0.25) is 4.98 Å². The lowest BCUT2D eigenvalue weighted by atomic mass is 10.1. The first-order chi connectivity index (χ1) is 10.5. The lowest BCUT2D eigenvalue weighted by molar-refractivity contribution is 0.102. The van der Waals surface area contributed by atoms with Crippen LogP contribution in [0, 0.1) is 17.2 Å². The number of urea groups is 1. The summed E-state index contributed by atoms with van der Waals surface area (Å²) in [6, 6.07) is 4.68. The molecule has 1 heterocycles. The number of hydrogen-bond donors (Lipinski definition) is 1. The molecule has 0 bridgehead atoms. The fourth-order valence-electron chi connectivity index (χ4n) is 1.58. The van der Waals surface area contributed by atoms with Gasteiger partial charge in [0.05, 0.1) is 6.07 Å². The number of amides is 3. The normalized spacial score (nSPS) is 9.91. The minimum Gasteiger partial charge on any atom is -0.444 e. The Balaban J connectivity index is 2.61. The Morgan fingerprint density at radius 3 is 2.86 bits per heavy atom. The molecule has 0 saturated carbocycles. The molecule has 0 aromatic carbocycles. The second-order valence-electron chi connectivity index (χ2n) is 5.07. The molecule has 1 N–H and O–H groups in total. The molecule has 1 aromatic heterocycles. The van der Waals surface area contributed by atoms with E-state index >= 15 is 0 Å². The fraction of sp³-hybridized carbons (Fsp3) is 0.467. The average Bonchev–Trinajstić information content (AvgIpc) is 2.51. The smallest absolute Gasteiger partial charge is 0.418 e. The maximum Gasteiger partial charge on any atom is 0.418 e. The van der Waals surface area contributed by atoms with Crippen molar-refractivity contribution in [1.82, 2.24) is 15.2 Å². The highest BCUT2D eigenvalue weighted by atomic mass is 16.6. The van der Waals surface area contributed by atoms with E-state index in [2.05, 4.69) is 10.3 Å². The van der Waals surface area contributed by atoms with Crippen molar-refractivity contribution in [2.24, 2.45) is 5.92 Å². The lowest BCUT2D eigenvalue weighted by Crippen LogP contribution is -2.45. The van der Waals surface area contributed by atoms with Gasteiger partial charge in [0.2, 0.25) is 0 Å². The predicted octanol–water partition coefficient (Wildman–Crippen LogP) is 2.30. The number of pyridine rings is 1. The molecule has 0 unspecified atom stereocenters. The summed E-state index contributed by atoms with van der Waals surface area (Å²) in [5, 5.41) is 10.8. The SMILES string of the molecule is CC(C)CCN(C(=O)NCC#N)C(=O)OCc1cccnc1. The molecule has 0 fully saturated rings. The van der Waals surface area contributed by atoms with Crippen LogP contribution in [0.15, 0.2) is 24.5 Å². The monoisotopic (exact) mass is 304 g/mol. The van der Waals surface area contributed by atoms with E-state index in [0.29, 0.717) is 12.3 Å². The van der Waals surface area contributed by atoms with Crippen molar-refractivity contribution in [2.75, 3.05) is 13.1 Å². The van der Waals surface area contributed by atoms with Gasteiger partial charge < -0.3 is 10.1 Å². The van der Waals surface area contributed by atoms with Crippen LogP contribution in [-0.2, 0) is 11.3 Å². The molecular weight excluding hydrogens is 284 g/mol. The van der Waals surface area contributed by atoms with Gasteiger partial charge >= 0.3 is 12.1 Å². The van der Waals surface area contributed by atoms with Crippen LogP contribution in [-0.4, -0.2) is 35.1 Å². The molecule has 0 aliphatic rings. The van der Waals surface area contributed by atoms with E-state index in [4.69, 9.17) is 10.00 Å². The van der Waals surface area contributed by atoms with Gasteiger partial charge in [-0.2, -0.15) is 5.26 Å². The number of carbonyl (C=O) groups excluding carboxylic acids is 2. The van der Waals surface area contributed by atoms with Crippen molar-refractivity contribution in [3.05, 3.63) is 30.1 Å². The summed E-state index contributed by atoms with van der Waals surface area (Å²) in [5.41, 5.74) is 0.733. The van der Waals surface area contributed by atoms with Crippen molar-refractivity contribution >= 4 is 12.1 Å². The van der Waals surface area contributed by atoms with E-state index in [1.165, 1.54) is 0 Å². The summed E-state index contributed by atoms with van der Waals surface area (Å²) >= 11 is 0. The molecule has 1 rings (SSSR count). The maximum atomic E-state index is 12.1. The van der Waals surface area contributed by atoms with Gasteiger partial charge in [-0.1, -0.05) is 19.9 Å².